The van der Waals surface area contributed by atoms with Crippen molar-refractivity contribution < 1.29 is 9.53 Å². The van der Waals surface area contributed by atoms with Crippen molar-refractivity contribution >= 4 is 5.91 Å². The highest BCUT2D eigenvalue weighted by atomic mass is 16.5. The molecule has 0 saturated carbocycles. The second-order valence-corrected chi connectivity index (χ2v) is 5.18. The lowest BCUT2D eigenvalue weighted by atomic mass is 9.89. The van der Waals surface area contributed by atoms with Gasteiger partial charge in [-0.25, -0.2) is 0 Å². The van der Waals surface area contributed by atoms with Gasteiger partial charge in [0.15, 0.2) is 0 Å². The maximum atomic E-state index is 11.9. The average Bonchev–Trinajstić information content (AvgIpc) is 2.80. The van der Waals surface area contributed by atoms with E-state index in [9.17, 15) is 4.79 Å². The van der Waals surface area contributed by atoms with Crippen LogP contribution in [0.1, 0.15) is 33.1 Å². The van der Waals surface area contributed by atoms with E-state index in [1.165, 1.54) is 0 Å². The summed E-state index contributed by atoms with van der Waals surface area (Å²) in [6.45, 7) is 5.39. The highest BCUT2D eigenvalue weighted by Crippen LogP contribution is 2.35. The summed E-state index contributed by atoms with van der Waals surface area (Å²) in [5.41, 5.74) is -0.349. The molecule has 0 aromatic heterocycles. The molecule has 88 valence electrons. The van der Waals surface area contributed by atoms with Crippen LogP contribution in [0.25, 0.3) is 0 Å². The molecule has 0 bridgehead atoms. The molecule has 2 aliphatic rings. The van der Waals surface area contributed by atoms with Gasteiger partial charge < -0.3 is 9.64 Å². The fourth-order valence-corrected chi connectivity index (χ4v) is 2.58. The Morgan fingerprint density at radius 1 is 1.62 bits per heavy atom. The number of nitriles is 1. The molecule has 0 spiro atoms. The molecular formula is C12H18N2O2. The summed E-state index contributed by atoms with van der Waals surface area (Å²) in [5, 5.41) is 9.04. The van der Waals surface area contributed by atoms with Gasteiger partial charge >= 0.3 is 0 Å². The van der Waals surface area contributed by atoms with Crippen LogP contribution in [-0.2, 0) is 9.53 Å². The Labute approximate surface area is 96.2 Å². The topological polar surface area (TPSA) is 53.3 Å². The van der Waals surface area contributed by atoms with E-state index >= 15 is 0 Å². The monoisotopic (exact) mass is 222 g/mol. The first-order valence-corrected chi connectivity index (χ1v) is 5.87. The van der Waals surface area contributed by atoms with E-state index in [1.54, 1.807) is 0 Å². The second-order valence-electron chi connectivity index (χ2n) is 5.18. The van der Waals surface area contributed by atoms with E-state index in [-0.39, 0.29) is 23.5 Å². The molecule has 2 saturated heterocycles. The Morgan fingerprint density at radius 2 is 2.38 bits per heavy atom. The highest BCUT2D eigenvalue weighted by molar-refractivity contribution is 5.80. The molecule has 0 aromatic carbocycles. The molecule has 2 atom stereocenters. The predicted octanol–water partition coefficient (Wildman–Crippen LogP) is 1.32. The maximum Gasteiger partial charge on any atom is 0.224 e. The molecule has 2 aliphatic heterocycles. The van der Waals surface area contributed by atoms with Crippen LogP contribution in [0, 0.1) is 17.2 Å². The van der Waals surface area contributed by atoms with E-state index in [0.717, 1.165) is 19.4 Å². The third-order valence-corrected chi connectivity index (χ3v) is 3.79. The lowest BCUT2D eigenvalue weighted by Crippen LogP contribution is -2.47. The minimum absolute atomic E-state index is 0.0899. The van der Waals surface area contributed by atoms with Crippen molar-refractivity contribution in [1.82, 2.24) is 4.90 Å². The molecule has 2 unspecified atom stereocenters. The van der Waals surface area contributed by atoms with Gasteiger partial charge in [-0.2, -0.15) is 5.26 Å². The van der Waals surface area contributed by atoms with Gasteiger partial charge in [0, 0.05) is 19.6 Å². The van der Waals surface area contributed by atoms with Crippen molar-refractivity contribution in [2.75, 3.05) is 13.2 Å². The number of amides is 1. The molecule has 0 aromatic rings. The smallest absolute Gasteiger partial charge is 0.224 e. The summed E-state index contributed by atoms with van der Waals surface area (Å²) in [7, 11) is 0. The van der Waals surface area contributed by atoms with Crippen LogP contribution in [0.3, 0.4) is 0 Å². The zero-order chi connectivity index (χ0) is 11.8. The van der Waals surface area contributed by atoms with Gasteiger partial charge in [0.25, 0.3) is 0 Å². The van der Waals surface area contributed by atoms with Crippen molar-refractivity contribution in [1.29, 1.82) is 5.26 Å². The van der Waals surface area contributed by atoms with Crippen molar-refractivity contribution in [2.24, 2.45) is 5.92 Å². The summed E-state index contributed by atoms with van der Waals surface area (Å²) in [6.07, 6.45) is 2.63. The van der Waals surface area contributed by atoms with Gasteiger partial charge in [0.1, 0.15) is 0 Å². The lowest BCUT2D eigenvalue weighted by molar-refractivity contribution is -0.132. The summed E-state index contributed by atoms with van der Waals surface area (Å²) in [4.78, 5) is 13.7. The number of likely N-dealkylation sites (tertiary alicyclic amines) is 1. The van der Waals surface area contributed by atoms with E-state index in [1.807, 2.05) is 18.7 Å². The molecular weight excluding hydrogens is 204 g/mol. The maximum absolute atomic E-state index is 11.9. The largest absolute Gasteiger partial charge is 0.376 e. The Bertz CT molecular complexity index is 326. The van der Waals surface area contributed by atoms with E-state index in [0.29, 0.717) is 13.0 Å². The van der Waals surface area contributed by atoms with Crippen LogP contribution < -0.4 is 0 Å². The first kappa shape index (κ1) is 11.4. The molecule has 0 N–H and O–H groups in total. The van der Waals surface area contributed by atoms with Crippen molar-refractivity contribution in [3.63, 3.8) is 0 Å². The zero-order valence-corrected chi connectivity index (χ0v) is 9.90. The fraction of sp³-hybridized carbons (Fsp3) is 0.833. The minimum Gasteiger partial charge on any atom is -0.376 e. The summed E-state index contributed by atoms with van der Waals surface area (Å²) < 4.78 is 5.55. The number of ether oxygens (including phenoxy) is 1. The van der Waals surface area contributed by atoms with E-state index in [2.05, 4.69) is 6.07 Å². The normalized spacial score (nSPS) is 33.1. The average molecular weight is 222 g/mol. The quantitative estimate of drug-likeness (QED) is 0.708. The molecule has 2 rings (SSSR count). The number of hydrogen-bond donors (Lipinski definition) is 0. The molecule has 0 radical (unpaired) electrons. The van der Waals surface area contributed by atoms with E-state index < -0.39 is 0 Å². The molecule has 16 heavy (non-hydrogen) atoms. The minimum atomic E-state index is -0.349. The van der Waals surface area contributed by atoms with E-state index in [4.69, 9.17) is 10.00 Å². The summed E-state index contributed by atoms with van der Waals surface area (Å²) in [6, 6.07) is 2.24. The van der Waals surface area contributed by atoms with Crippen molar-refractivity contribution in [2.45, 2.75) is 44.8 Å². The number of carbonyl (C=O) groups excluding carboxylic acids is 1. The van der Waals surface area contributed by atoms with Gasteiger partial charge in [-0.1, -0.05) is 0 Å². The van der Waals surface area contributed by atoms with Gasteiger partial charge in [-0.3, -0.25) is 4.79 Å². The third kappa shape index (κ3) is 1.80. The first-order chi connectivity index (χ1) is 7.55. The number of hydrogen-bond acceptors (Lipinski definition) is 3. The van der Waals surface area contributed by atoms with Crippen LogP contribution >= 0.6 is 0 Å². The van der Waals surface area contributed by atoms with Crippen LogP contribution in [0.4, 0.5) is 0 Å². The number of carbonyl (C=O) groups is 1. The zero-order valence-electron chi connectivity index (χ0n) is 9.90. The number of rotatable bonds is 2. The summed E-state index contributed by atoms with van der Waals surface area (Å²) in [5.74, 6) is -0.103. The Morgan fingerprint density at radius 3 is 2.88 bits per heavy atom. The predicted molar refractivity (Wildman–Crippen MR) is 58.5 cm³/mol. The Hall–Kier alpha value is -1.08. The standard InChI is InChI=1S/C12H18N2O2/c1-12(2)9(7-13)6-11(15)14(12)8-10-4-3-5-16-10/h9-10H,3-6,8H2,1-2H3. The highest BCUT2D eigenvalue weighted by Gasteiger charge is 2.47. The molecule has 2 fully saturated rings. The molecule has 1 amide bonds. The van der Waals surface area contributed by atoms with Crippen LogP contribution in [0.2, 0.25) is 0 Å². The van der Waals surface area contributed by atoms with Gasteiger partial charge in [0.05, 0.1) is 23.6 Å². The Balaban J connectivity index is 2.08. The van der Waals surface area contributed by atoms with Gasteiger partial charge in [-0.05, 0) is 26.7 Å². The second kappa shape index (κ2) is 4.06. The van der Waals surface area contributed by atoms with Gasteiger partial charge in [-0.15, -0.1) is 0 Å². The molecule has 4 heteroatoms. The SMILES string of the molecule is CC1(C)C(C#N)CC(=O)N1CC1CCCO1. The first-order valence-electron chi connectivity index (χ1n) is 5.87. The molecule has 2 heterocycles. The van der Waals surface area contributed by atoms with Crippen molar-refractivity contribution in [3.05, 3.63) is 0 Å². The lowest BCUT2D eigenvalue weighted by Gasteiger charge is -2.35. The molecule has 4 nitrogen and oxygen atoms in total. The van der Waals surface area contributed by atoms with Gasteiger partial charge in [0.2, 0.25) is 5.91 Å². The number of nitrogens with zero attached hydrogens (tertiary/aromatic N) is 2. The third-order valence-electron chi connectivity index (χ3n) is 3.79. The molecule has 0 aliphatic carbocycles. The fourth-order valence-electron chi connectivity index (χ4n) is 2.58. The Kier molecular flexibility index (Phi) is 2.90. The summed E-state index contributed by atoms with van der Waals surface area (Å²) >= 11 is 0. The van der Waals surface area contributed by atoms with Crippen molar-refractivity contribution in [3.8, 4) is 6.07 Å². The van der Waals surface area contributed by atoms with Crippen LogP contribution in [0.5, 0.6) is 0 Å². The van der Waals surface area contributed by atoms with Crippen LogP contribution in [-0.4, -0.2) is 35.6 Å². The van der Waals surface area contributed by atoms with Crippen LogP contribution in [0.15, 0.2) is 0 Å².